The molecular formula is C24H28INO4. The summed E-state index contributed by atoms with van der Waals surface area (Å²) >= 11 is 2.25. The molecule has 3 rings (SSSR count). The molecule has 5 nitrogen and oxygen atoms in total. The zero-order valence-corrected chi connectivity index (χ0v) is 19.8. The third-order valence-corrected chi connectivity index (χ3v) is 5.72. The van der Waals surface area contributed by atoms with Gasteiger partial charge in [0.2, 0.25) is 0 Å². The molecule has 0 radical (unpaired) electrons. The second-order valence-electron chi connectivity index (χ2n) is 8.39. The van der Waals surface area contributed by atoms with E-state index in [1.54, 1.807) is 0 Å². The van der Waals surface area contributed by atoms with Crippen molar-refractivity contribution < 1.29 is 19.1 Å². The van der Waals surface area contributed by atoms with Crippen LogP contribution < -0.4 is 5.32 Å². The summed E-state index contributed by atoms with van der Waals surface area (Å²) in [6, 6.07) is 15.7. The summed E-state index contributed by atoms with van der Waals surface area (Å²) in [6.45, 7) is 5.65. The summed E-state index contributed by atoms with van der Waals surface area (Å²) in [5, 5.41) is 2.71. The number of carbonyl (C=O) groups excluding carboxylic acids is 2. The van der Waals surface area contributed by atoms with E-state index >= 15 is 0 Å². The fourth-order valence-electron chi connectivity index (χ4n) is 3.69. The van der Waals surface area contributed by atoms with E-state index in [0.29, 0.717) is 6.42 Å². The first-order chi connectivity index (χ1) is 14.3. The van der Waals surface area contributed by atoms with Crippen LogP contribution in [0.1, 0.15) is 50.7 Å². The van der Waals surface area contributed by atoms with Crippen molar-refractivity contribution in [1.82, 2.24) is 5.32 Å². The van der Waals surface area contributed by atoms with E-state index in [9.17, 15) is 9.59 Å². The summed E-state index contributed by atoms with van der Waals surface area (Å²) in [7, 11) is 0. The number of hydrogen-bond donors (Lipinski definition) is 1. The first-order valence-corrected chi connectivity index (χ1v) is 11.7. The molecule has 0 saturated carbocycles. The van der Waals surface area contributed by atoms with Crippen molar-refractivity contribution in [3.63, 3.8) is 0 Å². The van der Waals surface area contributed by atoms with Crippen molar-refractivity contribution in [3.8, 4) is 11.1 Å². The molecule has 2 aromatic rings. The lowest BCUT2D eigenvalue weighted by molar-refractivity contribution is -0.157. The van der Waals surface area contributed by atoms with Crippen LogP contribution in [0.15, 0.2) is 48.5 Å². The van der Waals surface area contributed by atoms with Crippen LogP contribution in [0.3, 0.4) is 0 Å². The van der Waals surface area contributed by atoms with Crippen molar-refractivity contribution in [2.24, 2.45) is 0 Å². The molecule has 30 heavy (non-hydrogen) atoms. The lowest BCUT2D eigenvalue weighted by atomic mass is 9.98. The molecule has 1 aliphatic rings. The van der Waals surface area contributed by atoms with Crippen LogP contribution in [0, 0.1) is 0 Å². The maximum absolute atomic E-state index is 12.5. The first kappa shape index (κ1) is 22.6. The van der Waals surface area contributed by atoms with Gasteiger partial charge in [0.05, 0.1) is 0 Å². The standard InChI is InChI=1S/C24H28INO4/c1-24(2,3)30-22(27)21(13-8-14-25)26-23(28)29-15-20-18-11-6-4-9-16(18)17-10-5-7-12-19(17)20/h4-7,9-12,20-21H,8,13-15H2,1-3H3,(H,26,28)/t21-/m0/s1. The highest BCUT2D eigenvalue weighted by Crippen LogP contribution is 2.44. The van der Waals surface area contributed by atoms with E-state index in [4.69, 9.17) is 9.47 Å². The number of rotatable bonds is 7. The van der Waals surface area contributed by atoms with Crippen LogP contribution in [-0.4, -0.2) is 34.7 Å². The maximum atomic E-state index is 12.5. The molecule has 0 aromatic heterocycles. The van der Waals surface area contributed by atoms with Crippen molar-refractivity contribution in [3.05, 3.63) is 59.7 Å². The third-order valence-electron chi connectivity index (χ3n) is 4.95. The zero-order valence-electron chi connectivity index (χ0n) is 17.6. The average molecular weight is 521 g/mol. The molecule has 0 unspecified atom stereocenters. The minimum Gasteiger partial charge on any atom is -0.458 e. The van der Waals surface area contributed by atoms with E-state index in [2.05, 4.69) is 52.2 Å². The van der Waals surface area contributed by atoms with Gasteiger partial charge in [0.15, 0.2) is 0 Å². The minimum absolute atomic E-state index is 0.0162. The molecule has 6 heteroatoms. The Bertz CT molecular complexity index is 861. The highest BCUT2D eigenvalue weighted by Gasteiger charge is 2.30. The van der Waals surface area contributed by atoms with E-state index in [0.717, 1.165) is 22.0 Å². The number of fused-ring (bicyclic) bond motifs is 3. The number of esters is 1. The van der Waals surface area contributed by atoms with E-state index < -0.39 is 23.7 Å². The number of amides is 1. The SMILES string of the molecule is CC(C)(C)OC(=O)[C@H](CCCI)NC(=O)OCC1c2ccccc2-c2ccccc21. The van der Waals surface area contributed by atoms with Gasteiger partial charge >= 0.3 is 12.1 Å². The van der Waals surface area contributed by atoms with E-state index in [1.165, 1.54) is 11.1 Å². The van der Waals surface area contributed by atoms with Gasteiger partial charge in [-0.05, 0) is 60.3 Å². The lowest BCUT2D eigenvalue weighted by Gasteiger charge is -2.24. The number of benzene rings is 2. The molecule has 1 atom stereocenters. The molecule has 0 saturated heterocycles. The van der Waals surface area contributed by atoms with Crippen molar-refractivity contribution in [1.29, 1.82) is 0 Å². The zero-order chi connectivity index (χ0) is 21.7. The highest BCUT2D eigenvalue weighted by atomic mass is 127. The Hall–Kier alpha value is -2.09. The molecule has 1 N–H and O–H groups in total. The molecule has 2 aromatic carbocycles. The van der Waals surface area contributed by atoms with Crippen LogP contribution in [0.4, 0.5) is 4.79 Å². The van der Waals surface area contributed by atoms with E-state index in [-0.39, 0.29) is 12.5 Å². The fourth-order valence-corrected chi connectivity index (χ4v) is 4.13. The molecule has 0 fully saturated rings. The Balaban J connectivity index is 1.66. The summed E-state index contributed by atoms with van der Waals surface area (Å²) < 4.78 is 11.9. The normalized spacial score (nSPS) is 13.9. The van der Waals surface area contributed by atoms with Crippen LogP contribution in [0.25, 0.3) is 11.1 Å². The van der Waals surface area contributed by atoms with Gasteiger partial charge < -0.3 is 14.8 Å². The van der Waals surface area contributed by atoms with Crippen LogP contribution in [0.5, 0.6) is 0 Å². The van der Waals surface area contributed by atoms with Gasteiger partial charge in [-0.2, -0.15) is 0 Å². The van der Waals surface area contributed by atoms with Gasteiger partial charge in [0.1, 0.15) is 18.2 Å². The maximum Gasteiger partial charge on any atom is 0.407 e. The number of nitrogens with one attached hydrogen (secondary N) is 1. The molecule has 0 heterocycles. The van der Waals surface area contributed by atoms with Gasteiger partial charge in [-0.25, -0.2) is 9.59 Å². The Kier molecular flexibility index (Phi) is 7.39. The predicted octanol–water partition coefficient (Wildman–Crippen LogP) is 5.45. The average Bonchev–Trinajstić information content (AvgIpc) is 3.02. The smallest absolute Gasteiger partial charge is 0.407 e. The topological polar surface area (TPSA) is 64.6 Å². The summed E-state index contributed by atoms with van der Waals surface area (Å²) in [6.07, 6.45) is 0.720. The van der Waals surface area contributed by atoms with Crippen LogP contribution in [0.2, 0.25) is 0 Å². The quantitative estimate of drug-likeness (QED) is 0.299. The fraction of sp³-hybridized carbons (Fsp3) is 0.417. The number of carbonyl (C=O) groups is 2. The van der Waals surface area contributed by atoms with Gasteiger partial charge in [-0.3, -0.25) is 0 Å². The van der Waals surface area contributed by atoms with Crippen LogP contribution >= 0.6 is 22.6 Å². The number of alkyl halides is 1. The van der Waals surface area contributed by atoms with Crippen molar-refractivity contribution in [2.45, 2.75) is 51.2 Å². The third kappa shape index (κ3) is 5.53. The summed E-state index contributed by atoms with van der Waals surface area (Å²) in [4.78, 5) is 25.0. The lowest BCUT2D eigenvalue weighted by Crippen LogP contribution is -2.44. The summed E-state index contributed by atoms with van der Waals surface area (Å²) in [5.74, 6) is -0.446. The molecule has 0 aliphatic heterocycles. The highest BCUT2D eigenvalue weighted by molar-refractivity contribution is 14.1. The molecule has 1 amide bonds. The molecular weight excluding hydrogens is 493 g/mol. The van der Waals surface area contributed by atoms with Crippen LogP contribution in [-0.2, 0) is 14.3 Å². The Morgan fingerprint density at radius 3 is 2.13 bits per heavy atom. The Morgan fingerprint density at radius 1 is 1.03 bits per heavy atom. The number of hydrogen-bond acceptors (Lipinski definition) is 4. The molecule has 0 spiro atoms. The Labute approximate surface area is 191 Å². The Morgan fingerprint density at radius 2 is 1.60 bits per heavy atom. The van der Waals surface area contributed by atoms with E-state index in [1.807, 2.05) is 45.0 Å². The van der Waals surface area contributed by atoms with Crippen molar-refractivity contribution >= 4 is 34.7 Å². The number of halogens is 1. The number of ether oxygens (including phenoxy) is 2. The minimum atomic E-state index is -0.713. The monoisotopic (exact) mass is 521 g/mol. The van der Waals surface area contributed by atoms with Gasteiger partial charge in [0.25, 0.3) is 0 Å². The first-order valence-electron chi connectivity index (χ1n) is 10.2. The predicted molar refractivity (Wildman–Crippen MR) is 126 cm³/mol. The summed E-state index contributed by atoms with van der Waals surface area (Å²) in [5.41, 5.74) is 4.05. The van der Waals surface area contributed by atoms with Crippen molar-refractivity contribution in [2.75, 3.05) is 11.0 Å². The second-order valence-corrected chi connectivity index (χ2v) is 9.47. The molecule has 0 bridgehead atoms. The largest absolute Gasteiger partial charge is 0.458 e. The number of alkyl carbamates (subject to hydrolysis) is 1. The van der Waals surface area contributed by atoms with Gasteiger partial charge in [0, 0.05) is 5.92 Å². The van der Waals surface area contributed by atoms with Gasteiger partial charge in [-0.15, -0.1) is 0 Å². The molecule has 160 valence electrons. The van der Waals surface area contributed by atoms with Gasteiger partial charge in [-0.1, -0.05) is 71.1 Å². The second kappa shape index (κ2) is 9.81. The molecule has 1 aliphatic carbocycles.